The first kappa shape index (κ1) is 19.8. The molecular weight excluding hydrogens is 400 g/mol. The van der Waals surface area contributed by atoms with Crippen LogP contribution in [0.5, 0.6) is 5.75 Å². The van der Waals surface area contributed by atoms with Crippen LogP contribution >= 0.6 is 0 Å². The first-order valence-electron chi connectivity index (χ1n) is 10.4. The van der Waals surface area contributed by atoms with Gasteiger partial charge in [-0.25, -0.2) is 9.97 Å². The van der Waals surface area contributed by atoms with E-state index in [1.54, 1.807) is 6.07 Å². The van der Waals surface area contributed by atoms with E-state index in [1.807, 2.05) is 48.5 Å². The fraction of sp³-hybridized carbons (Fsp3) is 0.160. The van der Waals surface area contributed by atoms with Crippen molar-refractivity contribution in [3.8, 4) is 28.5 Å². The molecule has 0 spiro atoms. The molecule has 7 heteroatoms. The molecule has 0 aliphatic carbocycles. The lowest BCUT2D eigenvalue weighted by atomic mass is 9.85. The Hall–Kier alpha value is -4.13. The van der Waals surface area contributed by atoms with E-state index in [4.69, 9.17) is 16.1 Å². The van der Waals surface area contributed by atoms with Gasteiger partial charge in [-0.15, -0.1) is 0 Å². The lowest BCUT2D eigenvalue weighted by Crippen LogP contribution is -2.11. The number of amidine groups is 1. The number of benzene rings is 3. The van der Waals surface area contributed by atoms with Gasteiger partial charge in [0.1, 0.15) is 23.2 Å². The number of aromatic hydroxyl groups is 1. The number of aromatic nitrogens is 4. The van der Waals surface area contributed by atoms with Gasteiger partial charge < -0.3 is 20.8 Å². The summed E-state index contributed by atoms with van der Waals surface area (Å²) in [6.45, 7) is 6.22. The number of phenols is 1. The third-order valence-electron chi connectivity index (χ3n) is 5.65. The number of hydrogen-bond acceptors (Lipinski definition) is 4. The molecule has 0 bridgehead atoms. The standard InChI is InChI=1S/C25H24N6O/c1-25(2,3)16-6-4-5-15(21(16)32)24-29-18-10-8-14(12-20(18)31-24)23-28-17-9-7-13(22(26)27)11-19(17)30-23/h4-12,32H,1-3H3,(H3,26,27)(H,28,30)(H,29,31). The molecule has 0 saturated heterocycles. The maximum Gasteiger partial charge on any atom is 0.142 e. The van der Waals surface area contributed by atoms with Crippen molar-refractivity contribution in [1.82, 2.24) is 19.9 Å². The van der Waals surface area contributed by atoms with Crippen molar-refractivity contribution >= 4 is 27.9 Å². The van der Waals surface area contributed by atoms with Crippen LogP contribution in [0.4, 0.5) is 0 Å². The zero-order valence-corrected chi connectivity index (χ0v) is 18.1. The largest absolute Gasteiger partial charge is 0.507 e. The maximum absolute atomic E-state index is 10.9. The molecule has 5 aromatic rings. The number of fused-ring (bicyclic) bond motifs is 2. The number of phenolic OH excluding ortho intramolecular Hbond substituents is 1. The molecular formula is C25H24N6O. The summed E-state index contributed by atoms with van der Waals surface area (Å²) < 4.78 is 0. The number of hydrogen-bond donors (Lipinski definition) is 5. The van der Waals surface area contributed by atoms with Crippen molar-refractivity contribution in [2.24, 2.45) is 5.73 Å². The van der Waals surface area contributed by atoms with Gasteiger partial charge in [-0.1, -0.05) is 32.9 Å². The highest BCUT2D eigenvalue weighted by molar-refractivity contribution is 5.98. The number of nitrogens with two attached hydrogens (primary N) is 1. The topological polar surface area (TPSA) is 127 Å². The van der Waals surface area contributed by atoms with E-state index in [-0.39, 0.29) is 17.0 Å². The molecule has 2 heterocycles. The summed E-state index contributed by atoms with van der Waals surface area (Å²) in [5, 5.41) is 18.5. The highest BCUT2D eigenvalue weighted by atomic mass is 16.3. The average Bonchev–Trinajstić information content (AvgIpc) is 3.35. The van der Waals surface area contributed by atoms with E-state index >= 15 is 0 Å². The lowest BCUT2D eigenvalue weighted by molar-refractivity contribution is 0.448. The number of imidazole rings is 2. The van der Waals surface area contributed by atoms with Gasteiger partial charge in [0.05, 0.1) is 27.6 Å². The second kappa shape index (κ2) is 6.95. The summed E-state index contributed by atoms with van der Waals surface area (Å²) in [4.78, 5) is 16.0. The minimum atomic E-state index is -0.178. The van der Waals surface area contributed by atoms with Gasteiger partial charge in [-0.05, 0) is 53.4 Å². The highest BCUT2D eigenvalue weighted by Gasteiger charge is 2.21. The molecule has 6 N–H and O–H groups in total. The molecule has 5 rings (SSSR count). The maximum atomic E-state index is 10.9. The first-order chi connectivity index (χ1) is 15.2. The number of para-hydroxylation sites is 1. The van der Waals surface area contributed by atoms with E-state index < -0.39 is 0 Å². The average molecular weight is 425 g/mol. The molecule has 0 unspecified atom stereocenters. The summed E-state index contributed by atoms with van der Waals surface area (Å²) in [6, 6.07) is 17.1. The third-order valence-corrected chi connectivity index (χ3v) is 5.65. The van der Waals surface area contributed by atoms with E-state index in [1.165, 1.54) is 0 Å². The molecule has 0 saturated carbocycles. The number of aromatic amines is 2. The van der Waals surface area contributed by atoms with Crippen molar-refractivity contribution < 1.29 is 5.11 Å². The van der Waals surface area contributed by atoms with Gasteiger partial charge >= 0.3 is 0 Å². The Balaban J connectivity index is 1.57. The predicted molar refractivity (Wildman–Crippen MR) is 128 cm³/mol. The minimum absolute atomic E-state index is 0.0215. The Morgan fingerprint density at radius 1 is 0.906 bits per heavy atom. The normalized spacial score (nSPS) is 12.0. The zero-order valence-electron chi connectivity index (χ0n) is 18.1. The predicted octanol–water partition coefficient (Wildman–Crippen LogP) is 5.06. The number of H-pyrrole nitrogens is 2. The van der Waals surface area contributed by atoms with Crippen molar-refractivity contribution in [3.63, 3.8) is 0 Å². The van der Waals surface area contributed by atoms with Crippen molar-refractivity contribution in [3.05, 3.63) is 65.7 Å². The SMILES string of the molecule is CC(C)(C)c1cccc(-c2nc3ccc(-c4nc5ccc(C(=N)N)cc5[nH]4)cc3[nH]2)c1O. The van der Waals surface area contributed by atoms with Crippen LogP contribution < -0.4 is 5.73 Å². The van der Waals surface area contributed by atoms with Crippen molar-refractivity contribution in [2.75, 3.05) is 0 Å². The Morgan fingerprint density at radius 3 is 2.28 bits per heavy atom. The molecule has 32 heavy (non-hydrogen) atoms. The smallest absolute Gasteiger partial charge is 0.142 e. The number of nitrogens with one attached hydrogen (secondary N) is 3. The van der Waals surface area contributed by atoms with Gasteiger partial charge in [-0.3, -0.25) is 5.41 Å². The summed E-state index contributed by atoms with van der Waals surface area (Å²) in [5.74, 6) is 1.61. The Bertz CT molecular complexity index is 1500. The monoisotopic (exact) mass is 424 g/mol. The van der Waals surface area contributed by atoms with Crippen molar-refractivity contribution in [2.45, 2.75) is 26.2 Å². The summed E-state index contributed by atoms with van der Waals surface area (Å²) >= 11 is 0. The van der Waals surface area contributed by atoms with Crippen LogP contribution in [0.1, 0.15) is 31.9 Å². The van der Waals surface area contributed by atoms with Crippen LogP contribution in [0.2, 0.25) is 0 Å². The lowest BCUT2D eigenvalue weighted by Gasteiger charge is -2.21. The minimum Gasteiger partial charge on any atom is -0.507 e. The number of rotatable bonds is 3. The van der Waals surface area contributed by atoms with Crippen LogP contribution in [0.25, 0.3) is 44.8 Å². The van der Waals surface area contributed by atoms with Gasteiger partial charge in [0.25, 0.3) is 0 Å². The Morgan fingerprint density at radius 2 is 1.56 bits per heavy atom. The Kier molecular flexibility index (Phi) is 4.30. The van der Waals surface area contributed by atoms with Crippen LogP contribution in [-0.4, -0.2) is 30.9 Å². The second-order valence-corrected chi connectivity index (χ2v) is 9.00. The van der Waals surface area contributed by atoms with Gasteiger partial charge in [0.2, 0.25) is 0 Å². The molecule has 0 radical (unpaired) electrons. The van der Waals surface area contributed by atoms with E-state index in [0.29, 0.717) is 17.0 Å². The second-order valence-electron chi connectivity index (χ2n) is 9.00. The van der Waals surface area contributed by atoms with E-state index in [2.05, 4.69) is 35.7 Å². The fourth-order valence-electron chi connectivity index (χ4n) is 3.94. The summed E-state index contributed by atoms with van der Waals surface area (Å²) in [5.41, 5.74) is 11.8. The molecule has 2 aromatic heterocycles. The van der Waals surface area contributed by atoms with Crippen LogP contribution in [0.15, 0.2) is 54.6 Å². The molecule has 0 aliphatic rings. The highest BCUT2D eigenvalue weighted by Crippen LogP contribution is 2.38. The first-order valence-corrected chi connectivity index (χ1v) is 10.4. The molecule has 160 valence electrons. The van der Waals surface area contributed by atoms with Crippen molar-refractivity contribution in [1.29, 1.82) is 5.41 Å². The zero-order chi connectivity index (χ0) is 22.6. The molecule has 3 aromatic carbocycles. The summed E-state index contributed by atoms with van der Waals surface area (Å²) in [6.07, 6.45) is 0. The molecule has 0 fully saturated rings. The van der Waals surface area contributed by atoms with Gasteiger partial charge in [0.15, 0.2) is 0 Å². The third kappa shape index (κ3) is 3.28. The van der Waals surface area contributed by atoms with Crippen LogP contribution in [-0.2, 0) is 5.41 Å². The number of nitrogen functional groups attached to an aromatic ring is 1. The molecule has 0 amide bonds. The van der Waals surface area contributed by atoms with Crippen LogP contribution in [0, 0.1) is 5.41 Å². The van der Waals surface area contributed by atoms with E-state index in [9.17, 15) is 5.11 Å². The Labute approximate surface area is 184 Å². The summed E-state index contributed by atoms with van der Waals surface area (Å²) in [7, 11) is 0. The van der Waals surface area contributed by atoms with Crippen LogP contribution in [0.3, 0.4) is 0 Å². The van der Waals surface area contributed by atoms with Gasteiger partial charge in [0, 0.05) is 11.1 Å². The van der Waals surface area contributed by atoms with E-state index in [0.717, 1.165) is 39.0 Å². The number of nitrogens with zero attached hydrogens (tertiary/aromatic N) is 2. The van der Waals surface area contributed by atoms with Gasteiger partial charge in [-0.2, -0.15) is 0 Å². The molecule has 7 nitrogen and oxygen atoms in total. The molecule has 0 atom stereocenters. The fourth-order valence-corrected chi connectivity index (χ4v) is 3.94. The quantitative estimate of drug-likeness (QED) is 0.205. The molecule has 0 aliphatic heterocycles.